The number of rotatable bonds is 5. The van der Waals surface area contributed by atoms with E-state index in [2.05, 4.69) is 15.3 Å². The maximum Gasteiger partial charge on any atom is 0.241 e. The minimum atomic E-state index is 0.0954. The molecule has 0 bridgehead atoms. The van der Waals surface area contributed by atoms with Crippen molar-refractivity contribution in [3.05, 3.63) is 48.9 Å². The molecule has 6 heteroatoms. The average Bonchev–Trinajstić information content (AvgIpc) is 2.62. The summed E-state index contributed by atoms with van der Waals surface area (Å²) in [5, 5.41) is 3.05. The van der Waals surface area contributed by atoms with E-state index in [1.165, 1.54) is 0 Å². The number of nitrogens with zero attached hydrogens (tertiary/aromatic N) is 3. The molecule has 3 rings (SSSR count). The van der Waals surface area contributed by atoms with Gasteiger partial charge in [-0.05, 0) is 24.3 Å². The summed E-state index contributed by atoms with van der Waals surface area (Å²) >= 11 is 0. The van der Waals surface area contributed by atoms with Gasteiger partial charge in [0.25, 0.3) is 0 Å². The summed E-state index contributed by atoms with van der Waals surface area (Å²) in [5.41, 5.74) is 0. The Kier molecular flexibility index (Phi) is 5.03. The van der Waals surface area contributed by atoms with Gasteiger partial charge in [0.05, 0.1) is 6.54 Å². The normalized spacial score (nSPS) is 15.2. The summed E-state index contributed by atoms with van der Waals surface area (Å²) < 4.78 is 5.91. The van der Waals surface area contributed by atoms with Gasteiger partial charge in [-0.15, -0.1) is 0 Å². The van der Waals surface area contributed by atoms with Crippen LogP contribution in [0.3, 0.4) is 0 Å². The molecule has 1 fully saturated rings. The average molecular weight is 312 g/mol. The van der Waals surface area contributed by atoms with Crippen molar-refractivity contribution in [1.29, 1.82) is 0 Å². The van der Waals surface area contributed by atoms with Gasteiger partial charge in [0, 0.05) is 44.5 Å². The van der Waals surface area contributed by atoms with Crippen LogP contribution < -0.4 is 10.1 Å². The number of anilines is 1. The van der Waals surface area contributed by atoms with Gasteiger partial charge in [-0.25, -0.2) is 4.98 Å². The van der Waals surface area contributed by atoms with E-state index in [4.69, 9.17) is 4.74 Å². The van der Waals surface area contributed by atoms with Gasteiger partial charge in [0.2, 0.25) is 5.91 Å². The van der Waals surface area contributed by atoms with Gasteiger partial charge in [0.15, 0.2) is 0 Å². The van der Waals surface area contributed by atoms with Crippen LogP contribution in [0, 0.1) is 0 Å². The molecule has 2 aromatic rings. The fraction of sp³-hybridized carbons (Fsp3) is 0.353. The zero-order valence-corrected chi connectivity index (χ0v) is 12.9. The zero-order chi connectivity index (χ0) is 15.9. The van der Waals surface area contributed by atoms with Crippen LogP contribution >= 0.6 is 0 Å². The smallest absolute Gasteiger partial charge is 0.241 e. The van der Waals surface area contributed by atoms with Crippen molar-refractivity contribution in [3.8, 4) is 5.75 Å². The number of hydrogen-bond acceptors (Lipinski definition) is 5. The molecule has 0 unspecified atom stereocenters. The molecule has 0 aromatic carbocycles. The van der Waals surface area contributed by atoms with Crippen molar-refractivity contribution >= 4 is 11.7 Å². The second kappa shape index (κ2) is 7.58. The molecular formula is C17H20N4O2. The van der Waals surface area contributed by atoms with Crippen LogP contribution in [0.5, 0.6) is 5.75 Å². The molecule has 0 radical (unpaired) electrons. The summed E-state index contributed by atoms with van der Waals surface area (Å²) in [7, 11) is 0. The molecule has 0 saturated carbocycles. The van der Waals surface area contributed by atoms with E-state index in [0.29, 0.717) is 0 Å². The maximum atomic E-state index is 12.2. The van der Waals surface area contributed by atoms with E-state index in [-0.39, 0.29) is 18.6 Å². The predicted molar refractivity (Wildman–Crippen MR) is 87.2 cm³/mol. The van der Waals surface area contributed by atoms with Crippen LogP contribution in [0.2, 0.25) is 0 Å². The van der Waals surface area contributed by atoms with E-state index < -0.39 is 0 Å². The van der Waals surface area contributed by atoms with Gasteiger partial charge >= 0.3 is 0 Å². The SMILES string of the molecule is O=C(CNc1ccccn1)N1CCC(Oc2ccncc2)CC1. The van der Waals surface area contributed by atoms with Gasteiger partial charge in [0.1, 0.15) is 17.7 Å². The number of carbonyl (C=O) groups is 1. The number of aromatic nitrogens is 2. The molecule has 2 aromatic heterocycles. The van der Waals surface area contributed by atoms with Crippen LogP contribution in [0.15, 0.2) is 48.9 Å². The minimum Gasteiger partial charge on any atom is -0.490 e. The predicted octanol–water partition coefficient (Wildman–Crippen LogP) is 1.96. The Bertz CT molecular complexity index is 613. The summed E-state index contributed by atoms with van der Waals surface area (Å²) in [6.07, 6.45) is 6.99. The summed E-state index contributed by atoms with van der Waals surface area (Å²) in [5.74, 6) is 1.65. The lowest BCUT2D eigenvalue weighted by atomic mass is 10.1. The second-order valence-corrected chi connectivity index (χ2v) is 5.45. The van der Waals surface area contributed by atoms with Crippen LogP contribution in [0.1, 0.15) is 12.8 Å². The fourth-order valence-electron chi connectivity index (χ4n) is 2.58. The third-order valence-electron chi connectivity index (χ3n) is 3.83. The molecule has 0 aliphatic carbocycles. The van der Waals surface area contributed by atoms with Crippen LogP contribution in [0.4, 0.5) is 5.82 Å². The molecular weight excluding hydrogens is 292 g/mol. The lowest BCUT2D eigenvalue weighted by molar-refractivity contribution is -0.131. The number of hydrogen-bond donors (Lipinski definition) is 1. The van der Waals surface area contributed by atoms with Crippen molar-refractivity contribution in [1.82, 2.24) is 14.9 Å². The first-order valence-electron chi connectivity index (χ1n) is 7.80. The molecule has 0 spiro atoms. The standard InChI is InChI=1S/C17H20N4O2/c22-17(13-20-16-3-1-2-8-19-16)21-11-6-15(7-12-21)23-14-4-9-18-10-5-14/h1-5,8-10,15H,6-7,11-13H2,(H,19,20). The first-order chi connectivity index (χ1) is 11.3. The quantitative estimate of drug-likeness (QED) is 0.914. The highest BCUT2D eigenvalue weighted by molar-refractivity contribution is 5.80. The molecule has 3 heterocycles. The molecule has 6 nitrogen and oxygen atoms in total. The van der Waals surface area contributed by atoms with Crippen molar-refractivity contribution < 1.29 is 9.53 Å². The highest BCUT2D eigenvalue weighted by Crippen LogP contribution is 2.18. The molecule has 23 heavy (non-hydrogen) atoms. The van der Waals surface area contributed by atoms with Crippen LogP contribution in [0.25, 0.3) is 0 Å². The number of ether oxygens (including phenoxy) is 1. The first-order valence-corrected chi connectivity index (χ1v) is 7.80. The van der Waals surface area contributed by atoms with Gasteiger partial charge < -0.3 is 15.0 Å². The zero-order valence-electron chi connectivity index (χ0n) is 12.9. The lowest BCUT2D eigenvalue weighted by Crippen LogP contribution is -2.44. The number of likely N-dealkylation sites (tertiary alicyclic amines) is 1. The summed E-state index contributed by atoms with van der Waals surface area (Å²) in [6, 6.07) is 9.30. The Labute approximate surface area is 135 Å². The number of piperidine rings is 1. The fourth-order valence-corrected chi connectivity index (χ4v) is 2.58. The topological polar surface area (TPSA) is 67.4 Å². The first kappa shape index (κ1) is 15.3. The van der Waals surface area contributed by atoms with E-state index >= 15 is 0 Å². The van der Waals surface area contributed by atoms with E-state index in [9.17, 15) is 4.79 Å². The Balaban J connectivity index is 1.42. The van der Waals surface area contributed by atoms with Crippen LogP contribution in [-0.4, -0.2) is 46.5 Å². The summed E-state index contributed by atoms with van der Waals surface area (Å²) in [6.45, 7) is 1.71. The maximum absolute atomic E-state index is 12.2. The van der Waals surface area contributed by atoms with E-state index in [1.807, 2.05) is 35.2 Å². The Morgan fingerprint density at radius 1 is 1.17 bits per heavy atom. The van der Waals surface area contributed by atoms with Crippen molar-refractivity contribution in [2.24, 2.45) is 0 Å². The molecule has 1 aliphatic heterocycles. The van der Waals surface area contributed by atoms with E-state index in [0.717, 1.165) is 37.5 Å². The second-order valence-electron chi connectivity index (χ2n) is 5.45. The van der Waals surface area contributed by atoms with Crippen molar-refractivity contribution in [3.63, 3.8) is 0 Å². The molecule has 1 aliphatic rings. The minimum absolute atomic E-state index is 0.0954. The van der Waals surface area contributed by atoms with Crippen molar-refractivity contribution in [2.45, 2.75) is 18.9 Å². The number of amides is 1. The van der Waals surface area contributed by atoms with Gasteiger partial charge in [-0.3, -0.25) is 9.78 Å². The van der Waals surface area contributed by atoms with Gasteiger partial charge in [-0.1, -0.05) is 6.07 Å². The van der Waals surface area contributed by atoms with Crippen molar-refractivity contribution in [2.75, 3.05) is 25.0 Å². The third-order valence-corrected chi connectivity index (χ3v) is 3.83. The van der Waals surface area contributed by atoms with Gasteiger partial charge in [-0.2, -0.15) is 0 Å². The Morgan fingerprint density at radius 2 is 1.96 bits per heavy atom. The molecule has 0 atom stereocenters. The number of nitrogens with one attached hydrogen (secondary N) is 1. The molecule has 120 valence electrons. The van der Waals surface area contributed by atoms with E-state index in [1.54, 1.807) is 18.6 Å². The van der Waals surface area contributed by atoms with Crippen LogP contribution in [-0.2, 0) is 4.79 Å². The molecule has 1 saturated heterocycles. The third kappa shape index (κ3) is 4.42. The highest BCUT2D eigenvalue weighted by Gasteiger charge is 2.23. The largest absolute Gasteiger partial charge is 0.490 e. The number of pyridine rings is 2. The molecule has 1 N–H and O–H groups in total. The molecule has 1 amide bonds. The summed E-state index contributed by atoms with van der Waals surface area (Å²) in [4.78, 5) is 22.2. The Hall–Kier alpha value is -2.63. The lowest BCUT2D eigenvalue weighted by Gasteiger charge is -2.32. The highest BCUT2D eigenvalue weighted by atomic mass is 16.5. The Morgan fingerprint density at radius 3 is 2.65 bits per heavy atom. The number of carbonyl (C=O) groups excluding carboxylic acids is 1. The monoisotopic (exact) mass is 312 g/mol.